The van der Waals surface area contributed by atoms with Gasteiger partial charge in [0.25, 0.3) is 0 Å². The van der Waals surface area contributed by atoms with Crippen LogP contribution in [0, 0.1) is 13.8 Å². The number of aryl methyl sites for hydroxylation is 2. The largest absolute Gasteiger partial charge is 0.337 e. The first kappa shape index (κ1) is 20.7. The summed E-state index contributed by atoms with van der Waals surface area (Å²) in [6.45, 7) is 5.06. The van der Waals surface area contributed by atoms with Crippen LogP contribution < -0.4 is 0 Å². The van der Waals surface area contributed by atoms with Crippen molar-refractivity contribution in [2.75, 3.05) is 26.2 Å². The monoisotopic (exact) mass is 441 g/mol. The van der Waals surface area contributed by atoms with E-state index in [-0.39, 0.29) is 19.0 Å². The van der Waals surface area contributed by atoms with Gasteiger partial charge in [-0.2, -0.15) is 4.31 Å². The number of thiazole rings is 1. The fourth-order valence-corrected chi connectivity index (χ4v) is 6.08. The molecule has 8 heteroatoms. The number of carbonyl (C=O) groups excluding carboxylic acids is 1. The standard InChI is InChI=1S/C22H23N3O3S2/c1-16-7-8-20(17(2)15-16)30(27,28)25-13-11-24(12-14-25)22(26)10-9-21-23-18-5-3-4-6-19(18)29-21/h3-10,15H,11-14H2,1-2H3. The molecule has 1 aromatic heterocycles. The third-order valence-corrected chi connectivity index (χ3v) is 8.24. The summed E-state index contributed by atoms with van der Waals surface area (Å²) in [5.41, 5.74) is 2.69. The Morgan fingerprint density at radius 2 is 1.80 bits per heavy atom. The number of carbonyl (C=O) groups is 1. The molecule has 1 saturated heterocycles. The SMILES string of the molecule is Cc1ccc(S(=O)(=O)N2CCN(C(=O)C=Cc3nc4ccccc4s3)CC2)c(C)c1. The van der Waals surface area contributed by atoms with Crippen LogP contribution in [-0.2, 0) is 14.8 Å². The summed E-state index contributed by atoms with van der Waals surface area (Å²) in [6.07, 6.45) is 3.25. The van der Waals surface area contributed by atoms with Gasteiger partial charge >= 0.3 is 0 Å². The van der Waals surface area contributed by atoms with Crippen LogP contribution in [0.1, 0.15) is 16.1 Å². The van der Waals surface area contributed by atoms with Crippen molar-refractivity contribution in [1.29, 1.82) is 0 Å². The molecule has 0 aliphatic carbocycles. The second-order valence-corrected chi connectivity index (χ2v) is 10.3. The van der Waals surface area contributed by atoms with Crippen molar-refractivity contribution in [3.05, 3.63) is 64.7 Å². The Balaban J connectivity index is 1.40. The molecule has 0 saturated carbocycles. The number of hydrogen-bond acceptors (Lipinski definition) is 5. The summed E-state index contributed by atoms with van der Waals surface area (Å²) in [5, 5.41) is 0.778. The molecule has 0 N–H and O–H groups in total. The zero-order valence-electron chi connectivity index (χ0n) is 16.9. The maximum atomic E-state index is 13.0. The van der Waals surface area contributed by atoms with Gasteiger partial charge in [-0.3, -0.25) is 4.79 Å². The van der Waals surface area contributed by atoms with E-state index in [1.165, 1.54) is 21.7 Å². The Morgan fingerprint density at radius 1 is 1.07 bits per heavy atom. The molecule has 0 atom stereocenters. The van der Waals surface area contributed by atoms with E-state index in [1.807, 2.05) is 50.2 Å². The van der Waals surface area contributed by atoms with Gasteiger partial charge in [-0.25, -0.2) is 13.4 Å². The van der Waals surface area contributed by atoms with Gasteiger partial charge in [0.1, 0.15) is 5.01 Å². The highest BCUT2D eigenvalue weighted by Crippen LogP contribution is 2.24. The van der Waals surface area contributed by atoms with Crippen LogP contribution in [-0.4, -0.2) is 54.7 Å². The number of hydrogen-bond donors (Lipinski definition) is 0. The van der Waals surface area contributed by atoms with Crippen LogP contribution in [0.4, 0.5) is 0 Å². The van der Waals surface area contributed by atoms with Crippen molar-refractivity contribution >= 4 is 43.6 Å². The van der Waals surface area contributed by atoms with Gasteiger partial charge in [0.15, 0.2) is 0 Å². The summed E-state index contributed by atoms with van der Waals surface area (Å²) >= 11 is 1.53. The van der Waals surface area contributed by atoms with Gasteiger partial charge in [-0.1, -0.05) is 29.8 Å². The average Bonchev–Trinajstić information content (AvgIpc) is 3.15. The number of benzene rings is 2. The lowest BCUT2D eigenvalue weighted by Crippen LogP contribution is -2.50. The van der Waals surface area contributed by atoms with E-state index >= 15 is 0 Å². The molecule has 0 spiro atoms. The molecule has 156 valence electrons. The number of piperazine rings is 1. The van der Waals surface area contributed by atoms with E-state index in [1.54, 1.807) is 17.0 Å². The van der Waals surface area contributed by atoms with Crippen LogP contribution in [0.2, 0.25) is 0 Å². The van der Waals surface area contributed by atoms with E-state index in [4.69, 9.17) is 0 Å². The summed E-state index contributed by atoms with van der Waals surface area (Å²) < 4.78 is 28.5. The van der Waals surface area contributed by atoms with E-state index in [9.17, 15) is 13.2 Å². The highest BCUT2D eigenvalue weighted by molar-refractivity contribution is 7.89. The Kier molecular flexibility index (Phi) is 5.73. The van der Waals surface area contributed by atoms with Crippen molar-refractivity contribution in [3.8, 4) is 0 Å². The Labute approximate surface area is 180 Å². The molecule has 2 heterocycles. The Morgan fingerprint density at radius 3 is 2.50 bits per heavy atom. The molecule has 1 fully saturated rings. The topological polar surface area (TPSA) is 70.6 Å². The molecule has 4 rings (SSSR count). The summed E-state index contributed by atoms with van der Waals surface area (Å²) in [5.74, 6) is -0.127. The lowest BCUT2D eigenvalue weighted by atomic mass is 10.2. The molecule has 30 heavy (non-hydrogen) atoms. The average molecular weight is 442 g/mol. The highest BCUT2D eigenvalue weighted by atomic mass is 32.2. The summed E-state index contributed by atoms with van der Waals surface area (Å²) in [7, 11) is -3.56. The molecule has 1 aliphatic heterocycles. The van der Waals surface area contributed by atoms with Crippen LogP contribution >= 0.6 is 11.3 Å². The number of rotatable bonds is 4. The molecule has 0 bridgehead atoms. The smallest absolute Gasteiger partial charge is 0.246 e. The lowest BCUT2D eigenvalue weighted by molar-refractivity contribution is -0.127. The van der Waals surface area contributed by atoms with Crippen molar-refractivity contribution in [1.82, 2.24) is 14.2 Å². The van der Waals surface area contributed by atoms with Gasteiger partial charge in [0.05, 0.1) is 15.1 Å². The van der Waals surface area contributed by atoms with Crippen molar-refractivity contribution in [2.45, 2.75) is 18.7 Å². The minimum Gasteiger partial charge on any atom is -0.337 e. The van der Waals surface area contributed by atoms with Gasteiger partial charge in [0, 0.05) is 32.3 Å². The maximum absolute atomic E-state index is 13.0. The lowest BCUT2D eigenvalue weighted by Gasteiger charge is -2.33. The summed E-state index contributed by atoms with van der Waals surface area (Å²) in [4.78, 5) is 19.1. The Hall–Kier alpha value is -2.55. The zero-order valence-corrected chi connectivity index (χ0v) is 18.5. The minimum atomic E-state index is -3.56. The Bertz CT molecular complexity index is 1190. The van der Waals surface area contributed by atoms with E-state index in [0.29, 0.717) is 18.0 Å². The van der Waals surface area contributed by atoms with Crippen molar-refractivity contribution in [3.63, 3.8) is 0 Å². The second-order valence-electron chi connectivity index (χ2n) is 7.35. The molecular formula is C22H23N3O3S2. The molecule has 1 aliphatic rings. The second kappa shape index (κ2) is 8.29. The number of sulfonamides is 1. The third-order valence-electron chi connectivity index (χ3n) is 5.18. The predicted molar refractivity (Wildman–Crippen MR) is 120 cm³/mol. The molecule has 3 aromatic rings. The molecule has 0 unspecified atom stereocenters. The number of fused-ring (bicyclic) bond motifs is 1. The van der Waals surface area contributed by atoms with E-state index < -0.39 is 10.0 Å². The first-order valence-electron chi connectivity index (χ1n) is 9.74. The predicted octanol–water partition coefficient (Wildman–Crippen LogP) is 3.46. The number of para-hydroxylation sites is 1. The van der Waals surface area contributed by atoms with Crippen LogP contribution in [0.25, 0.3) is 16.3 Å². The fourth-order valence-electron chi connectivity index (χ4n) is 3.59. The normalized spacial score (nSPS) is 15.9. The third kappa shape index (κ3) is 4.16. The van der Waals surface area contributed by atoms with Crippen LogP contribution in [0.3, 0.4) is 0 Å². The van der Waals surface area contributed by atoms with Crippen LogP contribution in [0.15, 0.2) is 53.4 Å². The van der Waals surface area contributed by atoms with Gasteiger partial charge < -0.3 is 4.90 Å². The first-order chi connectivity index (χ1) is 14.3. The number of amides is 1. The number of nitrogens with zero attached hydrogens (tertiary/aromatic N) is 3. The van der Waals surface area contributed by atoms with Gasteiger partial charge in [0.2, 0.25) is 15.9 Å². The zero-order chi connectivity index (χ0) is 21.3. The maximum Gasteiger partial charge on any atom is 0.246 e. The van der Waals surface area contributed by atoms with E-state index in [2.05, 4.69) is 4.98 Å². The van der Waals surface area contributed by atoms with Crippen LogP contribution in [0.5, 0.6) is 0 Å². The molecule has 0 radical (unpaired) electrons. The quantitative estimate of drug-likeness (QED) is 0.582. The minimum absolute atomic E-state index is 0.127. The van der Waals surface area contributed by atoms with E-state index in [0.717, 1.165) is 26.4 Å². The molecule has 1 amide bonds. The van der Waals surface area contributed by atoms with Gasteiger partial charge in [-0.05, 0) is 43.7 Å². The van der Waals surface area contributed by atoms with Crippen molar-refractivity contribution < 1.29 is 13.2 Å². The summed E-state index contributed by atoms with van der Waals surface area (Å²) in [6, 6.07) is 13.2. The van der Waals surface area contributed by atoms with Crippen molar-refractivity contribution in [2.24, 2.45) is 0 Å². The highest BCUT2D eigenvalue weighted by Gasteiger charge is 2.30. The van der Waals surface area contributed by atoms with Gasteiger partial charge in [-0.15, -0.1) is 11.3 Å². The fraction of sp³-hybridized carbons (Fsp3) is 0.273. The first-order valence-corrected chi connectivity index (χ1v) is 12.0. The number of aromatic nitrogens is 1. The molecule has 6 nitrogen and oxygen atoms in total. The molecular weight excluding hydrogens is 418 g/mol. The molecule has 2 aromatic carbocycles.